The van der Waals surface area contributed by atoms with E-state index in [4.69, 9.17) is 11.0 Å². The van der Waals surface area contributed by atoms with Crippen molar-refractivity contribution in [3.63, 3.8) is 0 Å². The average molecular weight is 230 g/mol. The lowest BCUT2D eigenvalue weighted by atomic mass is 10.1. The molecule has 88 valence electrons. The molecule has 0 bridgehead atoms. The van der Waals surface area contributed by atoms with Crippen LogP contribution in [-0.4, -0.2) is 11.6 Å². The highest BCUT2D eigenvalue weighted by Gasteiger charge is 2.05. The predicted molar refractivity (Wildman–Crippen MR) is 66.3 cm³/mol. The second-order valence-electron chi connectivity index (χ2n) is 3.46. The summed E-state index contributed by atoms with van der Waals surface area (Å²) in [5.41, 5.74) is 9.20. The van der Waals surface area contributed by atoms with Gasteiger partial charge in [0, 0.05) is 0 Å². The summed E-state index contributed by atoms with van der Waals surface area (Å²) < 4.78 is 0. The third-order valence-corrected chi connectivity index (χ3v) is 2.16. The van der Waals surface area contributed by atoms with Crippen LogP contribution in [0.5, 0.6) is 0 Å². The average Bonchev–Trinajstić information content (AvgIpc) is 2.32. The van der Waals surface area contributed by atoms with Gasteiger partial charge in [0.2, 0.25) is 5.71 Å². The van der Waals surface area contributed by atoms with E-state index in [-0.39, 0.29) is 5.71 Å². The minimum Gasteiger partial charge on any atom is -0.364 e. The number of primary amides is 1. The number of benzene rings is 1. The maximum absolute atomic E-state index is 10.8. The number of para-hydroxylation sites is 1. The topological polar surface area (TPSA) is 91.3 Å². The van der Waals surface area contributed by atoms with Crippen molar-refractivity contribution in [3.05, 3.63) is 29.8 Å². The van der Waals surface area contributed by atoms with Gasteiger partial charge in [0.05, 0.1) is 5.69 Å². The van der Waals surface area contributed by atoms with Gasteiger partial charge in [-0.3, -0.25) is 10.2 Å². The fourth-order valence-electron chi connectivity index (χ4n) is 1.37. The fraction of sp³-hybridized carbons (Fsp3) is 0.250. The van der Waals surface area contributed by atoms with Crippen molar-refractivity contribution in [2.45, 2.75) is 19.8 Å². The highest BCUT2D eigenvalue weighted by Crippen LogP contribution is 2.16. The first-order valence-electron chi connectivity index (χ1n) is 5.30. The van der Waals surface area contributed by atoms with Crippen molar-refractivity contribution in [1.82, 2.24) is 0 Å². The molecule has 0 radical (unpaired) electrons. The van der Waals surface area contributed by atoms with Crippen LogP contribution in [0, 0.1) is 11.3 Å². The summed E-state index contributed by atoms with van der Waals surface area (Å²) in [5, 5.41) is 12.3. The molecule has 1 amide bonds. The van der Waals surface area contributed by atoms with E-state index in [1.165, 1.54) is 0 Å². The van der Waals surface area contributed by atoms with Crippen LogP contribution in [0.4, 0.5) is 5.69 Å². The molecule has 0 saturated carbocycles. The van der Waals surface area contributed by atoms with Crippen LogP contribution in [0.2, 0.25) is 0 Å². The number of hydrazone groups is 1. The molecule has 0 heterocycles. The van der Waals surface area contributed by atoms with Crippen LogP contribution >= 0.6 is 0 Å². The van der Waals surface area contributed by atoms with Gasteiger partial charge in [-0.15, -0.1) is 0 Å². The van der Waals surface area contributed by atoms with Crippen molar-refractivity contribution >= 4 is 17.3 Å². The van der Waals surface area contributed by atoms with Gasteiger partial charge < -0.3 is 5.73 Å². The number of aryl methyl sites for hydroxylation is 1. The number of carbonyl (C=O) groups is 1. The van der Waals surface area contributed by atoms with Gasteiger partial charge in [-0.1, -0.05) is 31.5 Å². The first-order valence-corrected chi connectivity index (χ1v) is 5.30. The lowest BCUT2D eigenvalue weighted by Gasteiger charge is -2.07. The number of amides is 1. The molecule has 0 aromatic heterocycles. The number of hydrogen-bond acceptors (Lipinski definition) is 4. The molecular formula is C12H14N4O. The SMILES string of the molecule is CCCc1ccccc1NN=C(C#N)C(N)=O. The van der Waals surface area contributed by atoms with E-state index in [0.29, 0.717) is 0 Å². The van der Waals surface area contributed by atoms with Crippen molar-refractivity contribution in [2.24, 2.45) is 10.8 Å². The van der Waals surface area contributed by atoms with Gasteiger partial charge >= 0.3 is 0 Å². The molecule has 3 N–H and O–H groups in total. The first kappa shape index (κ1) is 12.7. The maximum atomic E-state index is 10.8. The lowest BCUT2D eigenvalue weighted by Crippen LogP contribution is -2.22. The normalized spacial score (nSPS) is 10.7. The Morgan fingerprint density at radius 2 is 2.24 bits per heavy atom. The molecule has 0 unspecified atom stereocenters. The summed E-state index contributed by atoms with van der Waals surface area (Å²) in [7, 11) is 0. The van der Waals surface area contributed by atoms with Gasteiger partial charge in [0.1, 0.15) is 6.07 Å². The fourth-order valence-corrected chi connectivity index (χ4v) is 1.37. The zero-order valence-corrected chi connectivity index (χ0v) is 9.60. The Morgan fingerprint density at radius 3 is 2.82 bits per heavy atom. The number of anilines is 1. The Labute approximate surface area is 99.9 Å². The quantitative estimate of drug-likeness (QED) is 0.591. The van der Waals surface area contributed by atoms with Crippen molar-refractivity contribution < 1.29 is 4.79 Å². The summed E-state index contributed by atoms with van der Waals surface area (Å²) in [4.78, 5) is 10.8. The summed E-state index contributed by atoms with van der Waals surface area (Å²) in [6.07, 6.45) is 1.90. The minimum atomic E-state index is -0.840. The summed E-state index contributed by atoms with van der Waals surface area (Å²) in [5.74, 6) is -0.840. The van der Waals surface area contributed by atoms with Crippen molar-refractivity contribution in [1.29, 1.82) is 5.26 Å². The molecule has 1 aromatic rings. The van der Waals surface area contributed by atoms with Gasteiger partial charge in [-0.2, -0.15) is 10.4 Å². The van der Waals surface area contributed by atoms with Gasteiger partial charge in [-0.05, 0) is 18.1 Å². The Balaban J connectivity index is 2.89. The number of rotatable bonds is 5. The molecule has 17 heavy (non-hydrogen) atoms. The smallest absolute Gasteiger partial charge is 0.280 e. The number of hydrogen-bond donors (Lipinski definition) is 2. The van der Waals surface area contributed by atoms with Crippen LogP contribution in [-0.2, 0) is 11.2 Å². The highest BCUT2D eigenvalue weighted by atomic mass is 16.1. The molecule has 0 fully saturated rings. The summed E-state index contributed by atoms with van der Waals surface area (Å²) >= 11 is 0. The van der Waals surface area contributed by atoms with E-state index in [1.807, 2.05) is 24.3 Å². The zero-order chi connectivity index (χ0) is 12.7. The monoisotopic (exact) mass is 230 g/mol. The van der Waals surface area contributed by atoms with E-state index in [2.05, 4.69) is 17.5 Å². The molecule has 5 heteroatoms. The number of nitrogens with two attached hydrogens (primary N) is 1. The van der Waals surface area contributed by atoms with E-state index in [1.54, 1.807) is 6.07 Å². The Hall–Kier alpha value is -2.35. The number of nitrogens with zero attached hydrogens (tertiary/aromatic N) is 2. The van der Waals surface area contributed by atoms with Crippen molar-refractivity contribution in [3.8, 4) is 6.07 Å². The number of carbonyl (C=O) groups excluding carboxylic acids is 1. The molecule has 0 spiro atoms. The number of nitrogens with one attached hydrogen (secondary N) is 1. The summed E-state index contributed by atoms with van der Waals surface area (Å²) in [6.45, 7) is 2.07. The standard InChI is InChI=1S/C12H14N4O/c1-2-5-9-6-3-4-7-10(9)15-16-11(8-13)12(14)17/h3-4,6-7,15H,2,5H2,1H3,(H2,14,17). The van der Waals surface area contributed by atoms with Gasteiger partial charge in [-0.25, -0.2) is 0 Å². The molecular weight excluding hydrogens is 216 g/mol. The largest absolute Gasteiger partial charge is 0.364 e. The molecule has 0 saturated heterocycles. The third-order valence-electron chi connectivity index (χ3n) is 2.16. The van der Waals surface area contributed by atoms with Crippen LogP contribution < -0.4 is 11.2 Å². The summed E-state index contributed by atoms with van der Waals surface area (Å²) in [6, 6.07) is 9.23. The molecule has 0 aliphatic rings. The first-order chi connectivity index (χ1) is 8.19. The van der Waals surface area contributed by atoms with E-state index in [9.17, 15) is 4.79 Å². The Kier molecular flexibility index (Phi) is 4.70. The van der Waals surface area contributed by atoms with Gasteiger partial charge in [0.25, 0.3) is 5.91 Å². The van der Waals surface area contributed by atoms with Crippen LogP contribution in [0.25, 0.3) is 0 Å². The zero-order valence-electron chi connectivity index (χ0n) is 9.60. The Morgan fingerprint density at radius 1 is 1.53 bits per heavy atom. The van der Waals surface area contributed by atoms with Crippen LogP contribution in [0.15, 0.2) is 29.4 Å². The maximum Gasteiger partial charge on any atom is 0.280 e. The van der Waals surface area contributed by atoms with Gasteiger partial charge in [0.15, 0.2) is 0 Å². The van der Waals surface area contributed by atoms with E-state index >= 15 is 0 Å². The molecule has 1 rings (SSSR count). The van der Waals surface area contributed by atoms with Crippen molar-refractivity contribution in [2.75, 3.05) is 5.43 Å². The second-order valence-corrected chi connectivity index (χ2v) is 3.46. The molecule has 0 atom stereocenters. The van der Waals surface area contributed by atoms with E-state index < -0.39 is 5.91 Å². The third kappa shape index (κ3) is 3.61. The van der Waals surface area contributed by atoms with Crippen LogP contribution in [0.1, 0.15) is 18.9 Å². The highest BCUT2D eigenvalue weighted by molar-refractivity contribution is 6.44. The van der Waals surface area contributed by atoms with E-state index in [0.717, 1.165) is 24.1 Å². The molecule has 5 nitrogen and oxygen atoms in total. The molecule has 0 aliphatic heterocycles. The predicted octanol–water partition coefficient (Wildman–Crippen LogP) is 1.42. The number of nitriles is 1. The molecule has 0 aliphatic carbocycles. The second kappa shape index (κ2) is 6.28. The lowest BCUT2D eigenvalue weighted by molar-refractivity contribution is -0.111. The molecule has 1 aromatic carbocycles. The minimum absolute atomic E-state index is 0.337. The Bertz CT molecular complexity index is 474. The van der Waals surface area contributed by atoms with Crippen LogP contribution in [0.3, 0.4) is 0 Å².